The maximum Gasteiger partial charge on any atom is 0.329 e. The van der Waals surface area contributed by atoms with E-state index >= 15 is 0 Å². The van der Waals surface area contributed by atoms with Gasteiger partial charge in [0.25, 0.3) is 0 Å². The second-order valence-electron chi connectivity index (χ2n) is 5.88. The molecule has 5 heteroatoms. The predicted octanol–water partition coefficient (Wildman–Crippen LogP) is 3.63. The van der Waals surface area contributed by atoms with E-state index in [4.69, 9.17) is 0 Å². The summed E-state index contributed by atoms with van der Waals surface area (Å²) in [6.07, 6.45) is 8.91. The zero-order chi connectivity index (χ0) is 16.9. The van der Waals surface area contributed by atoms with Gasteiger partial charge in [0.2, 0.25) is 0 Å². The van der Waals surface area contributed by atoms with Crippen LogP contribution in [-0.4, -0.2) is 19.5 Å². The van der Waals surface area contributed by atoms with E-state index in [-0.39, 0.29) is 11.7 Å². The van der Waals surface area contributed by atoms with Gasteiger partial charge in [-0.3, -0.25) is 9.55 Å². The third-order valence-corrected chi connectivity index (χ3v) is 4.09. The van der Waals surface area contributed by atoms with Gasteiger partial charge in [-0.15, -0.1) is 0 Å². The molecule has 0 bridgehead atoms. The largest absolute Gasteiger partial charge is 0.329 e. The number of benzene rings is 1. The molecule has 0 spiro atoms. The van der Waals surface area contributed by atoms with Crippen LogP contribution in [0.2, 0.25) is 0 Å². The monoisotopic (exact) mass is 322 g/mol. The van der Waals surface area contributed by atoms with E-state index in [9.17, 15) is 4.79 Å². The molecule has 2 aromatic heterocycles. The Morgan fingerprint density at radius 2 is 2.04 bits per heavy atom. The van der Waals surface area contributed by atoms with Crippen LogP contribution in [-0.2, 0) is 6.42 Å². The highest BCUT2D eigenvalue weighted by molar-refractivity contribution is 5.65. The number of hydrogen-bond acceptors (Lipinski definition) is 3. The van der Waals surface area contributed by atoms with Crippen LogP contribution in [0.5, 0.6) is 0 Å². The van der Waals surface area contributed by atoms with Gasteiger partial charge < -0.3 is 0 Å². The third kappa shape index (κ3) is 3.30. The van der Waals surface area contributed by atoms with E-state index in [1.807, 2.05) is 37.3 Å². The molecule has 1 atom stereocenters. The Morgan fingerprint density at radius 3 is 2.79 bits per heavy atom. The molecule has 0 unspecified atom stereocenters. The standard InChI is InChI=1S/C19H22N4O/c1-3-4-5-9-12-16-13-20-17-18(21-16)23(19(24)22-17)14(2)15-10-7-6-8-11-15/h5-11,13-14H,3-4,12H2,1-2H3,(H,20,22,24)/b9-5-/t14-/m0/s1. The summed E-state index contributed by atoms with van der Waals surface area (Å²) in [5.41, 5.74) is 2.89. The summed E-state index contributed by atoms with van der Waals surface area (Å²) in [5, 5.41) is 0. The molecule has 3 aromatic rings. The SMILES string of the molecule is CCC/C=C\Cc1cnc2[nH]c(=O)n([C@@H](C)c3ccccc3)c2n1. The number of unbranched alkanes of at least 4 members (excludes halogenated alkanes) is 1. The van der Waals surface area contributed by atoms with Crippen LogP contribution in [0.4, 0.5) is 0 Å². The summed E-state index contributed by atoms with van der Waals surface area (Å²) in [4.78, 5) is 24.2. The first kappa shape index (κ1) is 16.2. The Kier molecular flexibility index (Phi) is 4.89. The van der Waals surface area contributed by atoms with E-state index < -0.39 is 0 Å². The summed E-state index contributed by atoms with van der Waals surface area (Å²) in [7, 11) is 0. The Morgan fingerprint density at radius 1 is 1.25 bits per heavy atom. The van der Waals surface area contributed by atoms with Crippen molar-refractivity contribution in [3.05, 3.63) is 70.4 Å². The Labute approximate surface area is 141 Å². The fourth-order valence-corrected chi connectivity index (χ4v) is 2.76. The number of nitrogens with one attached hydrogen (secondary N) is 1. The summed E-state index contributed by atoms with van der Waals surface area (Å²) in [6, 6.07) is 9.84. The lowest BCUT2D eigenvalue weighted by Gasteiger charge is -2.13. The van der Waals surface area contributed by atoms with Crippen molar-refractivity contribution in [1.29, 1.82) is 0 Å². The van der Waals surface area contributed by atoms with Gasteiger partial charge in [-0.25, -0.2) is 14.8 Å². The smallest absolute Gasteiger partial charge is 0.289 e. The normalized spacial score (nSPS) is 12.9. The molecular weight excluding hydrogens is 300 g/mol. The number of fused-ring (bicyclic) bond motifs is 1. The first-order chi connectivity index (χ1) is 11.7. The van der Waals surface area contributed by atoms with Crippen LogP contribution < -0.4 is 5.69 Å². The Bertz CT molecular complexity index is 893. The minimum absolute atomic E-state index is 0.104. The number of nitrogens with zero attached hydrogens (tertiary/aromatic N) is 3. The first-order valence-corrected chi connectivity index (χ1v) is 8.36. The lowest BCUT2D eigenvalue weighted by molar-refractivity contribution is 0.630. The second-order valence-corrected chi connectivity index (χ2v) is 5.88. The van der Waals surface area contributed by atoms with Crippen molar-refractivity contribution in [3.8, 4) is 0 Å². The molecule has 124 valence electrons. The molecule has 0 aliphatic heterocycles. The summed E-state index contributed by atoms with van der Waals surface area (Å²) < 4.78 is 1.68. The van der Waals surface area contributed by atoms with Crippen molar-refractivity contribution < 1.29 is 0 Å². The van der Waals surface area contributed by atoms with Crippen molar-refractivity contribution in [1.82, 2.24) is 19.5 Å². The summed E-state index contributed by atoms with van der Waals surface area (Å²) >= 11 is 0. The highest BCUT2D eigenvalue weighted by atomic mass is 16.1. The molecule has 2 heterocycles. The molecule has 1 N–H and O–H groups in total. The van der Waals surface area contributed by atoms with Crippen molar-refractivity contribution >= 4 is 11.3 Å². The number of aromatic amines is 1. The van der Waals surface area contributed by atoms with Crippen LogP contribution in [0.1, 0.15) is 44.0 Å². The van der Waals surface area contributed by atoms with E-state index in [2.05, 4.69) is 34.0 Å². The van der Waals surface area contributed by atoms with Crippen molar-refractivity contribution in [2.45, 2.75) is 39.2 Å². The number of imidazole rings is 1. The quantitative estimate of drug-likeness (QED) is 0.705. The Hall–Kier alpha value is -2.69. The van der Waals surface area contributed by atoms with Crippen LogP contribution in [0, 0.1) is 0 Å². The van der Waals surface area contributed by atoms with Crippen LogP contribution in [0.15, 0.2) is 53.5 Å². The van der Waals surface area contributed by atoms with Crippen LogP contribution >= 0.6 is 0 Å². The molecule has 0 saturated heterocycles. The highest BCUT2D eigenvalue weighted by Crippen LogP contribution is 2.19. The van der Waals surface area contributed by atoms with E-state index in [0.717, 1.165) is 30.5 Å². The van der Waals surface area contributed by atoms with Gasteiger partial charge in [-0.1, -0.05) is 55.8 Å². The summed E-state index contributed by atoms with van der Waals surface area (Å²) in [5.74, 6) is 0. The lowest BCUT2D eigenvalue weighted by Crippen LogP contribution is -2.21. The van der Waals surface area contributed by atoms with Crippen LogP contribution in [0.3, 0.4) is 0 Å². The zero-order valence-corrected chi connectivity index (χ0v) is 14.1. The van der Waals surface area contributed by atoms with Gasteiger partial charge in [0.05, 0.1) is 17.9 Å². The molecule has 24 heavy (non-hydrogen) atoms. The first-order valence-electron chi connectivity index (χ1n) is 8.36. The molecule has 0 fully saturated rings. The highest BCUT2D eigenvalue weighted by Gasteiger charge is 2.16. The van der Waals surface area contributed by atoms with Gasteiger partial charge in [0.15, 0.2) is 11.3 Å². The third-order valence-electron chi connectivity index (χ3n) is 4.09. The fraction of sp³-hybridized carbons (Fsp3) is 0.316. The van der Waals surface area contributed by atoms with E-state index in [0.29, 0.717) is 11.3 Å². The number of rotatable bonds is 6. The van der Waals surface area contributed by atoms with Gasteiger partial charge in [0, 0.05) is 6.42 Å². The molecule has 1 aromatic carbocycles. The maximum absolute atomic E-state index is 12.4. The number of aromatic nitrogens is 4. The number of hydrogen-bond donors (Lipinski definition) is 1. The second kappa shape index (κ2) is 7.25. The fourth-order valence-electron chi connectivity index (χ4n) is 2.76. The predicted molar refractivity (Wildman–Crippen MR) is 96.2 cm³/mol. The molecule has 0 amide bonds. The Balaban J connectivity index is 1.98. The van der Waals surface area contributed by atoms with Crippen molar-refractivity contribution in [3.63, 3.8) is 0 Å². The average Bonchev–Trinajstić information content (AvgIpc) is 2.94. The van der Waals surface area contributed by atoms with Crippen LogP contribution in [0.25, 0.3) is 11.3 Å². The lowest BCUT2D eigenvalue weighted by atomic mass is 10.1. The van der Waals surface area contributed by atoms with Gasteiger partial charge in [0.1, 0.15) is 0 Å². The number of H-pyrrole nitrogens is 1. The average molecular weight is 322 g/mol. The molecule has 5 nitrogen and oxygen atoms in total. The van der Waals surface area contributed by atoms with Gasteiger partial charge in [-0.2, -0.15) is 0 Å². The zero-order valence-electron chi connectivity index (χ0n) is 14.1. The molecule has 0 radical (unpaired) electrons. The minimum Gasteiger partial charge on any atom is -0.289 e. The number of allylic oxidation sites excluding steroid dienone is 2. The van der Waals surface area contributed by atoms with E-state index in [1.165, 1.54) is 0 Å². The van der Waals surface area contributed by atoms with Gasteiger partial charge >= 0.3 is 5.69 Å². The van der Waals surface area contributed by atoms with Crippen molar-refractivity contribution in [2.75, 3.05) is 0 Å². The summed E-state index contributed by atoms with van der Waals surface area (Å²) in [6.45, 7) is 4.15. The molecule has 0 aliphatic rings. The molecular formula is C19H22N4O. The van der Waals surface area contributed by atoms with E-state index in [1.54, 1.807) is 10.8 Å². The van der Waals surface area contributed by atoms with Crippen molar-refractivity contribution in [2.24, 2.45) is 0 Å². The van der Waals surface area contributed by atoms with Gasteiger partial charge in [-0.05, 0) is 18.9 Å². The minimum atomic E-state index is -0.181. The molecule has 0 saturated carbocycles. The topological polar surface area (TPSA) is 63.6 Å². The maximum atomic E-state index is 12.4. The molecule has 3 rings (SSSR count). The molecule has 0 aliphatic carbocycles.